The van der Waals surface area contributed by atoms with Crippen LogP contribution < -0.4 is 19.7 Å². The number of nitrogens with zero attached hydrogens (tertiary/aromatic N) is 2. The van der Waals surface area contributed by atoms with Crippen LogP contribution in [-0.2, 0) is 32.6 Å². The van der Waals surface area contributed by atoms with Gasteiger partial charge in [0, 0.05) is 61.4 Å². The summed E-state index contributed by atoms with van der Waals surface area (Å²) in [4.78, 5) is 31.9. The summed E-state index contributed by atoms with van der Waals surface area (Å²) >= 11 is 6.48. The molecule has 5 aliphatic rings. The zero-order valence-corrected chi connectivity index (χ0v) is 32.2. The van der Waals surface area contributed by atoms with Crippen molar-refractivity contribution in [2.45, 2.75) is 94.8 Å². The molecule has 1 aliphatic carbocycles. The number of benzene rings is 2. The monoisotopic (exact) mass is 752 g/mol. The molecule has 282 valence electrons. The van der Waals surface area contributed by atoms with Gasteiger partial charge in [-0.05, 0) is 118 Å². The molecule has 0 spiro atoms. The number of rotatable bonds is 3. The van der Waals surface area contributed by atoms with Crippen molar-refractivity contribution in [3.05, 3.63) is 69.8 Å². The first-order valence-corrected chi connectivity index (χ1v) is 21.0. The van der Waals surface area contributed by atoms with Crippen LogP contribution in [0.5, 0.6) is 5.75 Å². The molecular formula is C40H53ClN4O6S. The van der Waals surface area contributed by atoms with Gasteiger partial charge in [0.25, 0.3) is 5.91 Å². The topological polar surface area (TPSA) is 117 Å². The highest BCUT2D eigenvalue weighted by Gasteiger charge is 2.48. The molecule has 1 amide bonds. The Labute approximate surface area is 313 Å². The summed E-state index contributed by atoms with van der Waals surface area (Å²) in [6.07, 6.45) is 11.7. The fraction of sp³-hybridized carbons (Fsp3) is 0.600. The van der Waals surface area contributed by atoms with Gasteiger partial charge in [0.05, 0.1) is 17.0 Å². The Balaban J connectivity index is 1.41. The van der Waals surface area contributed by atoms with Crippen LogP contribution in [0.15, 0.2) is 42.5 Å². The number of allylic oxidation sites excluding steroid dienone is 1. The van der Waals surface area contributed by atoms with Gasteiger partial charge in [-0.2, -0.15) is 0 Å². The summed E-state index contributed by atoms with van der Waals surface area (Å²) in [7, 11) is -2.46. The molecule has 12 heteroatoms. The number of carbonyl (C=O) groups is 2. The predicted molar refractivity (Wildman–Crippen MR) is 204 cm³/mol. The molecule has 0 radical (unpaired) electrons. The summed E-state index contributed by atoms with van der Waals surface area (Å²) in [6.45, 7) is 7.67. The maximum Gasteiger partial charge on any atom is 0.264 e. The van der Waals surface area contributed by atoms with Crippen LogP contribution in [0.1, 0.15) is 91.9 Å². The second-order valence-corrected chi connectivity index (χ2v) is 18.1. The predicted octanol–water partition coefficient (Wildman–Crippen LogP) is 5.82. The lowest BCUT2D eigenvalue weighted by Crippen LogP contribution is -2.52. The number of ether oxygens (including phenoxy) is 2. The quantitative estimate of drug-likeness (QED) is 0.296. The van der Waals surface area contributed by atoms with Crippen LogP contribution in [0, 0.1) is 17.8 Å². The number of hydrogen-bond acceptors (Lipinski definition) is 9. The van der Waals surface area contributed by atoms with Crippen LogP contribution in [0.3, 0.4) is 0 Å². The molecule has 2 bridgehead atoms. The van der Waals surface area contributed by atoms with E-state index in [0.717, 1.165) is 81.1 Å². The molecule has 7 atom stereocenters. The molecule has 3 fully saturated rings. The highest BCUT2D eigenvalue weighted by atomic mass is 35.5. The lowest BCUT2D eigenvalue weighted by atomic mass is 9.64. The molecule has 2 saturated heterocycles. The first-order chi connectivity index (χ1) is 25.0. The number of nitrogens with one attached hydrogen (secondary N) is 2. The third kappa shape index (κ3) is 7.28. The third-order valence-corrected chi connectivity index (χ3v) is 14.8. The van der Waals surface area contributed by atoms with Gasteiger partial charge in [0.15, 0.2) is 6.29 Å². The minimum Gasteiger partial charge on any atom is -0.486 e. The van der Waals surface area contributed by atoms with Crippen molar-refractivity contribution in [2.75, 3.05) is 44.7 Å². The van der Waals surface area contributed by atoms with Crippen molar-refractivity contribution in [1.29, 1.82) is 0 Å². The first kappa shape index (κ1) is 37.4. The van der Waals surface area contributed by atoms with Gasteiger partial charge in [-0.25, -0.2) is 13.1 Å². The first-order valence-electron chi connectivity index (χ1n) is 19.1. The fourth-order valence-corrected chi connectivity index (χ4v) is 10.6. The van der Waals surface area contributed by atoms with Gasteiger partial charge in [0.1, 0.15) is 18.0 Å². The Kier molecular flexibility index (Phi) is 11.1. The third-order valence-electron chi connectivity index (χ3n) is 12.7. The van der Waals surface area contributed by atoms with E-state index in [9.17, 15) is 18.0 Å². The standard InChI is InChI=1S/C40H53ClN4O6S/c1-26-8-6-15-40(25-46,50-3)35-14-12-29(35)23-44-16-5-4-9-28-18-32(41)13-11-30(28)24-51-38-34(37-22-42-21-33-10-7-17-45(33)37)19-31(20-36(38)44)39(47)43-52(48,49)27(26)2/h6,11,13,15,18-20,25-27,29,33,35,37,42H,4-5,7-10,12,14,16-17,21-24H2,1-3H3,(H,43,47)/b15-6+/t26-,27+,29-,33?,35+,37?,40-/m0/s1. The summed E-state index contributed by atoms with van der Waals surface area (Å²) < 4.78 is 42.9. The van der Waals surface area contributed by atoms with E-state index in [1.54, 1.807) is 14.0 Å². The molecule has 52 heavy (non-hydrogen) atoms. The van der Waals surface area contributed by atoms with Crippen molar-refractivity contribution in [2.24, 2.45) is 17.8 Å². The Bertz CT molecular complexity index is 1800. The van der Waals surface area contributed by atoms with E-state index in [2.05, 4.69) is 19.8 Å². The van der Waals surface area contributed by atoms with Crippen LogP contribution in [0.4, 0.5) is 5.69 Å². The Morgan fingerprint density at radius 2 is 1.88 bits per heavy atom. The van der Waals surface area contributed by atoms with E-state index in [0.29, 0.717) is 55.0 Å². The van der Waals surface area contributed by atoms with Gasteiger partial charge in [-0.15, -0.1) is 0 Å². The van der Waals surface area contributed by atoms with Crippen LogP contribution in [-0.4, -0.2) is 82.2 Å². The molecule has 2 N–H and O–H groups in total. The molecular weight excluding hydrogens is 700 g/mol. The average Bonchev–Trinajstić information content (AvgIpc) is 3.60. The number of piperazine rings is 1. The summed E-state index contributed by atoms with van der Waals surface area (Å²) in [5.74, 6) is -0.147. The van der Waals surface area contributed by atoms with Crippen LogP contribution in [0.25, 0.3) is 0 Å². The molecule has 2 aromatic carbocycles. The molecule has 4 heterocycles. The van der Waals surface area contributed by atoms with Crippen molar-refractivity contribution >= 4 is 39.5 Å². The lowest BCUT2D eigenvalue weighted by molar-refractivity contribution is -0.135. The van der Waals surface area contributed by atoms with E-state index in [1.807, 2.05) is 49.4 Å². The maximum atomic E-state index is 14.2. The Morgan fingerprint density at radius 1 is 1.04 bits per heavy atom. The Hall–Kier alpha value is -2.96. The van der Waals surface area contributed by atoms with Crippen molar-refractivity contribution < 1.29 is 27.5 Å². The number of halogens is 1. The van der Waals surface area contributed by atoms with Gasteiger partial charge in [-0.3, -0.25) is 14.5 Å². The van der Waals surface area contributed by atoms with E-state index in [-0.39, 0.29) is 23.8 Å². The minimum atomic E-state index is -4.05. The summed E-state index contributed by atoms with van der Waals surface area (Å²) in [6, 6.07) is 9.98. The molecule has 2 unspecified atom stereocenters. The van der Waals surface area contributed by atoms with E-state index >= 15 is 0 Å². The summed E-state index contributed by atoms with van der Waals surface area (Å²) in [5, 5.41) is 3.48. The molecule has 4 aliphatic heterocycles. The zero-order chi connectivity index (χ0) is 36.6. The smallest absolute Gasteiger partial charge is 0.264 e. The number of anilines is 1. The molecule has 2 aromatic rings. The van der Waals surface area contributed by atoms with Gasteiger partial charge in [-0.1, -0.05) is 30.7 Å². The van der Waals surface area contributed by atoms with Gasteiger partial charge >= 0.3 is 0 Å². The second kappa shape index (κ2) is 15.4. The van der Waals surface area contributed by atoms with Gasteiger partial charge < -0.3 is 19.7 Å². The molecule has 7 rings (SSSR count). The lowest BCUT2D eigenvalue weighted by Gasteiger charge is -2.47. The zero-order valence-electron chi connectivity index (χ0n) is 30.6. The number of sulfonamides is 1. The number of aldehydes is 1. The molecule has 1 saturated carbocycles. The Morgan fingerprint density at radius 3 is 2.65 bits per heavy atom. The number of methoxy groups -OCH3 is 1. The highest BCUT2D eigenvalue weighted by molar-refractivity contribution is 7.90. The number of fused-ring (bicyclic) bond motifs is 4. The van der Waals surface area contributed by atoms with E-state index in [1.165, 1.54) is 5.56 Å². The normalized spacial score (nSPS) is 33.2. The molecule has 0 aromatic heterocycles. The van der Waals surface area contributed by atoms with Crippen LogP contribution in [0.2, 0.25) is 5.02 Å². The average molecular weight is 753 g/mol. The van der Waals surface area contributed by atoms with Crippen molar-refractivity contribution in [3.8, 4) is 5.75 Å². The SMILES string of the molecule is CO[C@]1(C=O)/C=C/C[C@H](C)[C@@H](C)S(=O)(=O)NC(=O)c2cc(C3CNCC4CCCN43)c3c(c2)N(CCCCc2cc(Cl)ccc2CO3)C[C@@H]2CC[C@H]21. The second-order valence-electron chi connectivity index (χ2n) is 15.6. The van der Waals surface area contributed by atoms with Crippen LogP contribution >= 0.6 is 11.6 Å². The summed E-state index contributed by atoms with van der Waals surface area (Å²) in [5.41, 5.74) is 3.08. The van der Waals surface area contributed by atoms with Crippen molar-refractivity contribution in [3.63, 3.8) is 0 Å². The van der Waals surface area contributed by atoms with E-state index < -0.39 is 26.8 Å². The highest BCUT2D eigenvalue weighted by Crippen LogP contribution is 2.47. The van der Waals surface area contributed by atoms with Crippen molar-refractivity contribution in [1.82, 2.24) is 14.9 Å². The fourth-order valence-electron chi connectivity index (χ4n) is 9.16. The number of aryl methyl sites for hydroxylation is 1. The van der Waals surface area contributed by atoms with E-state index in [4.69, 9.17) is 21.1 Å². The number of hydrogen-bond donors (Lipinski definition) is 2. The van der Waals surface area contributed by atoms with Gasteiger partial charge in [0.2, 0.25) is 10.0 Å². The largest absolute Gasteiger partial charge is 0.486 e. The number of carbonyl (C=O) groups excluding carboxylic acids is 2. The molecule has 10 nitrogen and oxygen atoms in total. The number of amides is 1. The minimum absolute atomic E-state index is 0.0524. The maximum absolute atomic E-state index is 14.2.